The first-order valence-corrected chi connectivity index (χ1v) is 3.98. The van der Waals surface area contributed by atoms with Gasteiger partial charge < -0.3 is 10.5 Å². The predicted octanol–water partition coefficient (Wildman–Crippen LogP) is 1.73. The summed E-state index contributed by atoms with van der Waals surface area (Å²) in [6.45, 7) is -1.45. The molecule has 0 aliphatic heterocycles. The fourth-order valence-corrected chi connectivity index (χ4v) is 0.956. The molecule has 0 unspecified atom stereocenters. The zero-order valence-corrected chi connectivity index (χ0v) is 7.54. The quantitative estimate of drug-likeness (QED) is 0.841. The van der Waals surface area contributed by atoms with Gasteiger partial charge in [0, 0.05) is 0 Å². The number of rotatable bonds is 3. The maximum absolute atomic E-state index is 11.8. The van der Waals surface area contributed by atoms with E-state index in [0.717, 1.165) is 0 Å². The number of amides is 1. The highest BCUT2D eigenvalue weighted by molar-refractivity contribution is 5.95. The largest absolute Gasteiger partial charge is 0.483 e. The smallest absolute Gasteiger partial charge is 0.422 e. The number of primary amides is 1. The summed E-state index contributed by atoms with van der Waals surface area (Å²) < 4.78 is 39.9. The van der Waals surface area contributed by atoms with Crippen LogP contribution in [0.3, 0.4) is 0 Å². The molecule has 1 aromatic rings. The van der Waals surface area contributed by atoms with E-state index in [1.807, 2.05) is 0 Å². The highest BCUT2D eigenvalue weighted by Gasteiger charge is 2.29. The number of carbonyl (C=O) groups excluding carboxylic acids is 1. The third kappa shape index (κ3) is 3.49. The molecule has 0 saturated carbocycles. The molecule has 15 heavy (non-hydrogen) atoms. The first kappa shape index (κ1) is 11.4. The average molecular weight is 219 g/mol. The molecule has 0 radical (unpaired) electrons. The first-order valence-electron chi connectivity index (χ1n) is 3.98. The number of hydrogen-bond acceptors (Lipinski definition) is 2. The molecule has 0 heterocycles. The van der Waals surface area contributed by atoms with Gasteiger partial charge in [0.25, 0.3) is 5.91 Å². The van der Waals surface area contributed by atoms with E-state index >= 15 is 0 Å². The van der Waals surface area contributed by atoms with Crippen LogP contribution in [0.5, 0.6) is 5.75 Å². The van der Waals surface area contributed by atoms with Crippen LogP contribution in [0, 0.1) is 0 Å². The molecular formula is C9H8F3NO2. The van der Waals surface area contributed by atoms with Gasteiger partial charge in [-0.25, -0.2) is 0 Å². The van der Waals surface area contributed by atoms with E-state index in [1.54, 1.807) is 0 Å². The van der Waals surface area contributed by atoms with Crippen LogP contribution in [-0.2, 0) is 0 Å². The lowest BCUT2D eigenvalue weighted by Gasteiger charge is -2.11. The number of alkyl halides is 3. The van der Waals surface area contributed by atoms with Crippen LogP contribution in [0.15, 0.2) is 24.3 Å². The van der Waals surface area contributed by atoms with Crippen molar-refractivity contribution in [3.8, 4) is 5.75 Å². The minimum Gasteiger partial charge on any atom is -0.483 e. The second kappa shape index (κ2) is 4.20. The van der Waals surface area contributed by atoms with Crippen LogP contribution in [0.2, 0.25) is 0 Å². The summed E-state index contributed by atoms with van der Waals surface area (Å²) in [5.41, 5.74) is 4.89. The summed E-state index contributed by atoms with van der Waals surface area (Å²) in [6, 6.07) is 5.50. The second-order valence-electron chi connectivity index (χ2n) is 2.76. The van der Waals surface area contributed by atoms with E-state index in [1.165, 1.54) is 24.3 Å². The molecule has 0 aliphatic rings. The molecule has 0 atom stereocenters. The fraction of sp³-hybridized carbons (Fsp3) is 0.222. The lowest BCUT2D eigenvalue weighted by atomic mass is 10.2. The Bertz CT molecular complexity index is 363. The van der Waals surface area contributed by atoms with Gasteiger partial charge in [-0.15, -0.1) is 0 Å². The van der Waals surface area contributed by atoms with Crippen molar-refractivity contribution < 1.29 is 22.7 Å². The van der Waals surface area contributed by atoms with Gasteiger partial charge in [-0.1, -0.05) is 12.1 Å². The highest BCUT2D eigenvalue weighted by atomic mass is 19.4. The predicted molar refractivity (Wildman–Crippen MR) is 46.5 cm³/mol. The topological polar surface area (TPSA) is 52.3 Å². The lowest BCUT2D eigenvalue weighted by molar-refractivity contribution is -0.153. The molecule has 0 bridgehead atoms. The monoisotopic (exact) mass is 219 g/mol. The Balaban J connectivity index is 2.81. The van der Waals surface area contributed by atoms with Gasteiger partial charge in [-0.3, -0.25) is 4.79 Å². The number of carbonyl (C=O) groups is 1. The van der Waals surface area contributed by atoms with E-state index in [-0.39, 0.29) is 11.3 Å². The summed E-state index contributed by atoms with van der Waals surface area (Å²) >= 11 is 0. The molecule has 6 heteroatoms. The average Bonchev–Trinajstić information content (AvgIpc) is 2.14. The third-order valence-electron chi connectivity index (χ3n) is 1.54. The van der Waals surface area contributed by atoms with Crippen molar-refractivity contribution in [3.63, 3.8) is 0 Å². The number of ether oxygens (including phenoxy) is 1. The Labute approximate surface area is 83.6 Å². The SMILES string of the molecule is NC(=O)c1ccccc1OCC(F)(F)F. The van der Waals surface area contributed by atoms with E-state index in [0.29, 0.717) is 0 Å². The van der Waals surface area contributed by atoms with E-state index in [9.17, 15) is 18.0 Å². The minimum atomic E-state index is -4.44. The van der Waals surface area contributed by atoms with Crippen LogP contribution in [0.4, 0.5) is 13.2 Å². The van der Waals surface area contributed by atoms with Crippen LogP contribution in [-0.4, -0.2) is 18.7 Å². The van der Waals surface area contributed by atoms with E-state index in [2.05, 4.69) is 4.74 Å². The molecule has 3 nitrogen and oxygen atoms in total. The fourth-order valence-electron chi connectivity index (χ4n) is 0.956. The van der Waals surface area contributed by atoms with Crippen molar-refractivity contribution in [2.24, 2.45) is 5.73 Å². The summed E-state index contributed by atoms with van der Waals surface area (Å²) in [5, 5.41) is 0. The zero-order valence-electron chi connectivity index (χ0n) is 7.54. The standard InChI is InChI=1S/C9H8F3NO2/c10-9(11,12)5-15-7-4-2-1-3-6(7)8(13)14/h1-4H,5H2,(H2,13,14). The second-order valence-corrected chi connectivity index (χ2v) is 2.76. The molecule has 1 aromatic carbocycles. The number of hydrogen-bond donors (Lipinski definition) is 1. The van der Waals surface area contributed by atoms with Gasteiger partial charge in [-0.05, 0) is 12.1 Å². The Hall–Kier alpha value is -1.72. The van der Waals surface area contributed by atoms with Gasteiger partial charge >= 0.3 is 6.18 Å². The number of para-hydroxylation sites is 1. The molecule has 2 N–H and O–H groups in total. The normalized spacial score (nSPS) is 11.1. The van der Waals surface area contributed by atoms with Crippen LogP contribution in [0.25, 0.3) is 0 Å². The van der Waals surface area contributed by atoms with Crippen molar-refractivity contribution in [2.75, 3.05) is 6.61 Å². The zero-order chi connectivity index (χ0) is 11.5. The van der Waals surface area contributed by atoms with Gasteiger partial charge in [-0.2, -0.15) is 13.2 Å². The molecule has 0 spiro atoms. The maximum Gasteiger partial charge on any atom is 0.422 e. The maximum atomic E-state index is 11.8. The minimum absolute atomic E-state index is 0.0678. The van der Waals surface area contributed by atoms with Crippen molar-refractivity contribution >= 4 is 5.91 Å². The summed E-state index contributed by atoms with van der Waals surface area (Å²) in [7, 11) is 0. The third-order valence-corrected chi connectivity index (χ3v) is 1.54. The van der Waals surface area contributed by atoms with Crippen LogP contribution >= 0.6 is 0 Å². The van der Waals surface area contributed by atoms with E-state index in [4.69, 9.17) is 5.73 Å². The highest BCUT2D eigenvalue weighted by Crippen LogP contribution is 2.21. The van der Waals surface area contributed by atoms with Crippen molar-refractivity contribution in [1.82, 2.24) is 0 Å². The molecule has 1 amide bonds. The number of benzene rings is 1. The molecule has 1 rings (SSSR count). The summed E-state index contributed by atoms with van der Waals surface area (Å²) in [4.78, 5) is 10.8. The van der Waals surface area contributed by atoms with Crippen molar-refractivity contribution in [2.45, 2.75) is 6.18 Å². The number of halogens is 3. The van der Waals surface area contributed by atoms with Crippen LogP contribution in [0.1, 0.15) is 10.4 Å². The first-order chi connectivity index (χ1) is 6.90. The van der Waals surface area contributed by atoms with Crippen LogP contribution < -0.4 is 10.5 Å². The molecule has 0 aromatic heterocycles. The summed E-state index contributed by atoms with van der Waals surface area (Å²) in [5.74, 6) is -0.991. The van der Waals surface area contributed by atoms with Crippen molar-refractivity contribution in [3.05, 3.63) is 29.8 Å². The van der Waals surface area contributed by atoms with Gasteiger partial charge in [0.15, 0.2) is 6.61 Å². The van der Waals surface area contributed by atoms with Crippen molar-refractivity contribution in [1.29, 1.82) is 0 Å². The lowest BCUT2D eigenvalue weighted by Crippen LogP contribution is -2.21. The Morgan fingerprint density at radius 1 is 1.33 bits per heavy atom. The van der Waals surface area contributed by atoms with Gasteiger partial charge in [0.05, 0.1) is 5.56 Å². The number of nitrogens with two attached hydrogens (primary N) is 1. The Kier molecular flexibility index (Phi) is 3.18. The van der Waals surface area contributed by atoms with E-state index < -0.39 is 18.7 Å². The summed E-state index contributed by atoms with van der Waals surface area (Å²) in [6.07, 6.45) is -4.44. The molecule has 0 aliphatic carbocycles. The Morgan fingerprint density at radius 2 is 1.93 bits per heavy atom. The van der Waals surface area contributed by atoms with Gasteiger partial charge in [0.1, 0.15) is 5.75 Å². The molecular weight excluding hydrogens is 211 g/mol. The molecule has 82 valence electrons. The molecule has 0 fully saturated rings. The molecule has 0 saturated heterocycles. The Morgan fingerprint density at radius 3 is 2.47 bits per heavy atom. The van der Waals surface area contributed by atoms with Gasteiger partial charge in [0.2, 0.25) is 0 Å².